The number of nitrogens with two attached hydrogens (primary N) is 1. The number of rotatable bonds is 5. The normalized spacial score (nSPS) is 12.4. The molecule has 2 rings (SSSR count). The van der Waals surface area contributed by atoms with E-state index < -0.39 is 0 Å². The van der Waals surface area contributed by atoms with Crippen LogP contribution < -0.4 is 11.3 Å². The van der Waals surface area contributed by atoms with Gasteiger partial charge < -0.3 is 0 Å². The van der Waals surface area contributed by atoms with Crippen LogP contribution in [-0.2, 0) is 6.42 Å². The number of benzene rings is 1. The van der Waals surface area contributed by atoms with Crippen molar-refractivity contribution in [1.82, 2.24) is 10.4 Å². The highest BCUT2D eigenvalue weighted by Gasteiger charge is 2.13. The second-order valence-corrected chi connectivity index (χ2v) is 5.12. The third-order valence-electron chi connectivity index (χ3n) is 3.01. The predicted molar refractivity (Wildman–Crippen MR) is 79.1 cm³/mol. The zero-order valence-corrected chi connectivity index (χ0v) is 11.8. The summed E-state index contributed by atoms with van der Waals surface area (Å²) in [4.78, 5) is 4.00. The zero-order valence-electron chi connectivity index (χ0n) is 10.3. The van der Waals surface area contributed by atoms with Crippen LogP contribution in [0, 0.1) is 0 Å². The smallest absolute Gasteiger partial charge is 0.0478 e. The van der Waals surface area contributed by atoms with E-state index in [1.165, 1.54) is 5.56 Å². The predicted octanol–water partition coefficient (Wildman–Crippen LogP) is 3.53. The van der Waals surface area contributed by atoms with Gasteiger partial charge in [-0.15, -0.1) is 0 Å². The second-order valence-electron chi connectivity index (χ2n) is 4.28. The lowest BCUT2D eigenvalue weighted by atomic mass is 10.00. The Morgan fingerprint density at radius 2 is 1.89 bits per heavy atom. The maximum Gasteiger partial charge on any atom is 0.0478 e. The van der Waals surface area contributed by atoms with Gasteiger partial charge in [-0.05, 0) is 54.3 Å². The number of halogens is 2. The molecule has 0 saturated heterocycles. The molecule has 19 heavy (non-hydrogen) atoms. The molecule has 2 aromatic rings. The van der Waals surface area contributed by atoms with Crippen molar-refractivity contribution in [3.05, 3.63) is 63.9 Å². The van der Waals surface area contributed by atoms with Crippen LogP contribution in [0.15, 0.2) is 42.7 Å². The lowest BCUT2D eigenvalue weighted by Crippen LogP contribution is -2.28. The molecular formula is C14H15Cl2N3. The maximum absolute atomic E-state index is 6.19. The quantitative estimate of drug-likeness (QED) is 0.655. The van der Waals surface area contributed by atoms with E-state index in [1.54, 1.807) is 24.5 Å². The van der Waals surface area contributed by atoms with Crippen LogP contribution in [0.4, 0.5) is 0 Å². The van der Waals surface area contributed by atoms with Gasteiger partial charge in [-0.1, -0.05) is 23.2 Å². The summed E-state index contributed by atoms with van der Waals surface area (Å²) in [5, 5.41) is 1.32. The molecule has 0 aliphatic heterocycles. The maximum atomic E-state index is 6.19. The molecule has 0 amide bonds. The van der Waals surface area contributed by atoms with Gasteiger partial charge in [-0.25, -0.2) is 0 Å². The van der Waals surface area contributed by atoms with Crippen LogP contribution in [0.5, 0.6) is 0 Å². The number of hydrazine groups is 1. The Bertz CT molecular complexity index is 531. The van der Waals surface area contributed by atoms with E-state index in [4.69, 9.17) is 29.0 Å². The van der Waals surface area contributed by atoms with Gasteiger partial charge in [0.1, 0.15) is 0 Å². The number of aromatic nitrogens is 1. The van der Waals surface area contributed by atoms with Gasteiger partial charge in [0.15, 0.2) is 0 Å². The van der Waals surface area contributed by atoms with E-state index >= 15 is 0 Å². The van der Waals surface area contributed by atoms with Crippen molar-refractivity contribution in [2.24, 2.45) is 5.84 Å². The van der Waals surface area contributed by atoms with Gasteiger partial charge in [0.25, 0.3) is 0 Å². The van der Waals surface area contributed by atoms with E-state index in [0.29, 0.717) is 10.0 Å². The summed E-state index contributed by atoms with van der Waals surface area (Å²) in [6, 6.07) is 9.36. The van der Waals surface area contributed by atoms with E-state index in [0.717, 1.165) is 18.4 Å². The van der Waals surface area contributed by atoms with Gasteiger partial charge in [0, 0.05) is 28.5 Å². The molecule has 1 atom stereocenters. The number of nitrogens with one attached hydrogen (secondary N) is 1. The average molecular weight is 296 g/mol. The summed E-state index contributed by atoms with van der Waals surface area (Å²) in [5.41, 5.74) is 4.94. The fourth-order valence-electron chi connectivity index (χ4n) is 1.97. The largest absolute Gasteiger partial charge is 0.271 e. The minimum absolute atomic E-state index is 0.0284. The minimum Gasteiger partial charge on any atom is -0.271 e. The monoisotopic (exact) mass is 295 g/mol. The fourth-order valence-corrected chi connectivity index (χ4v) is 2.40. The van der Waals surface area contributed by atoms with E-state index in [9.17, 15) is 0 Å². The Balaban J connectivity index is 2.10. The van der Waals surface area contributed by atoms with Crippen molar-refractivity contribution < 1.29 is 0 Å². The van der Waals surface area contributed by atoms with Gasteiger partial charge in [-0.3, -0.25) is 16.3 Å². The lowest BCUT2D eigenvalue weighted by Gasteiger charge is -2.18. The lowest BCUT2D eigenvalue weighted by molar-refractivity contribution is 0.516. The molecule has 1 unspecified atom stereocenters. The first-order valence-electron chi connectivity index (χ1n) is 6.00. The Morgan fingerprint density at radius 1 is 1.16 bits per heavy atom. The summed E-state index contributed by atoms with van der Waals surface area (Å²) in [6.45, 7) is 0. The second kappa shape index (κ2) is 6.87. The summed E-state index contributed by atoms with van der Waals surface area (Å²) in [5.74, 6) is 5.62. The Hall–Kier alpha value is -1.13. The molecule has 0 aliphatic carbocycles. The van der Waals surface area contributed by atoms with E-state index in [1.807, 2.05) is 18.2 Å². The highest BCUT2D eigenvalue weighted by Crippen LogP contribution is 2.28. The molecular weight excluding hydrogens is 281 g/mol. The van der Waals surface area contributed by atoms with Gasteiger partial charge in [-0.2, -0.15) is 0 Å². The summed E-state index contributed by atoms with van der Waals surface area (Å²) in [7, 11) is 0. The van der Waals surface area contributed by atoms with Crippen molar-refractivity contribution >= 4 is 23.2 Å². The number of nitrogens with zero attached hydrogens (tertiary/aromatic N) is 1. The Kier molecular flexibility index (Phi) is 5.16. The molecule has 0 aliphatic rings. The highest BCUT2D eigenvalue weighted by molar-refractivity contribution is 6.33. The third kappa shape index (κ3) is 3.91. The molecule has 0 bridgehead atoms. The van der Waals surface area contributed by atoms with Crippen molar-refractivity contribution in [2.75, 3.05) is 0 Å². The molecule has 100 valence electrons. The first kappa shape index (κ1) is 14.3. The van der Waals surface area contributed by atoms with Crippen molar-refractivity contribution in [2.45, 2.75) is 18.9 Å². The van der Waals surface area contributed by atoms with E-state index in [2.05, 4.69) is 10.4 Å². The molecule has 0 radical (unpaired) electrons. The third-order valence-corrected chi connectivity index (χ3v) is 3.58. The highest BCUT2D eigenvalue weighted by atomic mass is 35.5. The number of hydrogen-bond donors (Lipinski definition) is 2. The van der Waals surface area contributed by atoms with Crippen LogP contribution in [0.2, 0.25) is 10.0 Å². The topological polar surface area (TPSA) is 50.9 Å². The van der Waals surface area contributed by atoms with Gasteiger partial charge >= 0.3 is 0 Å². The molecule has 1 heterocycles. The van der Waals surface area contributed by atoms with Gasteiger partial charge in [0.05, 0.1) is 0 Å². The Morgan fingerprint density at radius 3 is 2.58 bits per heavy atom. The summed E-state index contributed by atoms with van der Waals surface area (Å²) >= 11 is 12.2. The van der Waals surface area contributed by atoms with Crippen LogP contribution in [0.1, 0.15) is 23.6 Å². The summed E-state index contributed by atoms with van der Waals surface area (Å²) < 4.78 is 0. The SMILES string of the molecule is NNC(CCc1ccncc1)c1cc(Cl)ccc1Cl. The first-order chi connectivity index (χ1) is 9.20. The molecule has 1 aromatic heterocycles. The minimum atomic E-state index is -0.0284. The molecule has 0 saturated carbocycles. The van der Waals surface area contributed by atoms with Gasteiger partial charge in [0.2, 0.25) is 0 Å². The van der Waals surface area contributed by atoms with Crippen molar-refractivity contribution in [3.63, 3.8) is 0 Å². The Labute approximate surface area is 122 Å². The van der Waals surface area contributed by atoms with Crippen LogP contribution in [0.3, 0.4) is 0 Å². The zero-order chi connectivity index (χ0) is 13.7. The molecule has 1 aromatic carbocycles. The fraction of sp³-hybridized carbons (Fsp3) is 0.214. The van der Waals surface area contributed by atoms with Crippen LogP contribution in [-0.4, -0.2) is 4.98 Å². The standard InChI is InChI=1S/C14H15Cl2N3/c15-11-2-3-13(16)12(9-11)14(19-17)4-1-10-5-7-18-8-6-10/h2-3,5-9,14,19H,1,4,17H2. The number of hydrogen-bond acceptors (Lipinski definition) is 3. The molecule has 5 heteroatoms. The van der Waals surface area contributed by atoms with Crippen LogP contribution in [0.25, 0.3) is 0 Å². The van der Waals surface area contributed by atoms with Crippen LogP contribution >= 0.6 is 23.2 Å². The number of aryl methyl sites for hydroxylation is 1. The molecule has 0 spiro atoms. The molecule has 3 N–H and O–H groups in total. The van der Waals surface area contributed by atoms with E-state index in [-0.39, 0.29) is 6.04 Å². The molecule has 3 nitrogen and oxygen atoms in total. The molecule has 0 fully saturated rings. The van der Waals surface area contributed by atoms with Crippen molar-refractivity contribution in [1.29, 1.82) is 0 Å². The average Bonchev–Trinajstić information content (AvgIpc) is 2.44. The number of pyridine rings is 1. The van der Waals surface area contributed by atoms with Crippen molar-refractivity contribution in [3.8, 4) is 0 Å². The first-order valence-corrected chi connectivity index (χ1v) is 6.76. The summed E-state index contributed by atoms with van der Waals surface area (Å²) in [6.07, 6.45) is 5.29.